The maximum Gasteiger partial charge on any atom is 0.224 e. The van der Waals surface area contributed by atoms with Crippen molar-refractivity contribution in [3.05, 3.63) is 17.2 Å². The molecule has 0 saturated carbocycles. The first-order valence-electron chi connectivity index (χ1n) is 5.87. The molecule has 1 aliphatic heterocycles. The fourth-order valence-electron chi connectivity index (χ4n) is 2.18. The van der Waals surface area contributed by atoms with Crippen LogP contribution in [0.2, 0.25) is 5.28 Å². The molecule has 0 spiro atoms. The number of alkyl halides is 1. The monoisotopic (exact) mass is 378 g/mol. The lowest BCUT2D eigenvalue weighted by atomic mass is 10.2. The fourth-order valence-corrected chi connectivity index (χ4v) is 2.95. The summed E-state index contributed by atoms with van der Waals surface area (Å²) in [6.07, 6.45) is 5.02. The van der Waals surface area contributed by atoms with E-state index in [4.69, 9.17) is 16.3 Å². The Balaban J connectivity index is 2.10. The van der Waals surface area contributed by atoms with Crippen LogP contribution in [0.3, 0.4) is 0 Å². The zero-order valence-corrected chi connectivity index (χ0v) is 12.6. The fraction of sp³-hybridized carbons (Fsp3) is 0.545. The normalized spacial score (nSPS) is 20.4. The van der Waals surface area contributed by atoms with Gasteiger partial charge in [0.05, 0.1) is 17.3 Å². The van der Waals surface area contributed by atoms with E-state index < -0.39 is 0 Å². The number of halogens is 2. The van der Waals surface area contributed by atoms with Gasteiger partial charge >= 0.3 is 0 Å². The topological polar surface area (TPSA) is 52.8 Å². The van der Waals surface area contributed by atoms with Gasteiger partial charge < -0.3 is 4.74 Å². The van der Waals surface area contributed by atoms with E-state index in [-0.39, 0.29) is 11.5 Å². The molecule has 3 heterocycles. The molecule has 0 bridgehead atoms. The molecule has 0 amide bonds. The molecule has 1 aliphatic rings. The first-order valence-corrected chi connectivity index (χ1v) is 7.77. The lowest BCUT2D eigenvalue weighted by Crippen LogP contribution is -2.19. The second kappa shape index (κ2) is 5.26. The third-order valence-electron chi connectivity index (χ3n) is 3.06. The van der Waals surface area contributed by atoms with Crippen LogP contribution in [0.5, 0.6) is 0 Å². The molecule has 0 N–H and O–H groups in total. The molecule has 96 valence electrons. The summed E-state index contributed by atoms with van der Waals surface area (Å²) in [4.78, 5) is 8.52. The van der Waals surface area contributed by atoms with E-state index in [0.717, 1.165) is 47.0 Å². The van der Waals surface area contributed by atoms with Crippen LogP contribution in [0.4, 0.5) is 0 Å². The SMILES string of the molecule is Clc1nc(CI)c2cnn(C3CCCCO3)c2n1. The van der Waals surface area contributed by atoms with E-state index in [2.05, 4.69) is 37.7 Å². The van der Waals surface area contributed by atoms with Gasteiger partial charge in [-0.2, -0.15) is 10.1 Å². The van der Waals surface area contributed by atoms with Crippen molar-refractivity contribution in [2.75, 3.05) is 6.61 Å². The molecule has 2 aromatic heterocycles. The lowest BCUT2D eigenvalue weighted by molar-refractivity contribution is -0.0370. The molecule has 1 atom stereocenters. The quantitative estimate of drug-likeness (QED) is 0.458. The van der Waals surface area contributed by atoms with Crippen molar-refractivity contribution in [1.29, 1.82) is 0 Å². The van der Waals surface area contributed by atoms with E-state index in [0.29, 0.717) is 0 Å². The average molecular weight is 379 g/mol. The molecule has 0 aliphatic carbocycles. The Labute approximate surface area is 123 Å². The summed E-state index contributed by atoms with van der Waals surface area (Å²) in [7, 11) is 0. The van der Waals surface area contributed by atoms with E-state index in [9.17, 15) is 0 Å². The van der Waals surface area contributed by atoms with E-state index in [1.54, 1.807) is 6.20 Å². The van der Waals surface area contributed by atoms with E-state index >= 15 is 0 Å². The average Bonchev–Trinajstić information content (AvgIpc) is 2.82. The van der Waals surface area contributed by atoms with Gasteiger partial charge in [-0.1, -0.05) is 22.6 Å². The highest BCUT2D eigenvalue weighted by Crippen LogP contribution is 2.27. The van der Waals surface area contributed by atoms with Crippen LogP contribution in [0, 0.1) is 0 Å². The van der Waals surface area contributed by atoms with E-state index in [1.807, 2.05) is 4.68 Å². The third-order valence-corrected chi connectivity index (χ3v) is 3.95. The molecule has 0 aromatic carbocycles. The number of nitrogens with zero attached hydrogens (tertiary/aromatic N) is 4. The van der Waals surface area contributed by atoms with Gasteiger partial charge in [0.1, 0.15) is 0 Å². The number of aromatic nitrogens is 4. The Kier molecular flexibility index (Phi) is 3.67. The van der Waals surface area contributed by atoms with Crippen LogP contribution in [0.15, 0.2) is 6.20 Å². The molecule has 3 rings (SSSR count). The summed E-state index contributed by atoms with van der Waals surface area (Å²) < 4.78 is 8.36. The number of fused-ring (bicyclic) bond motifs is 1. The first kappa shape index (κ1) is 12.6. The number of hydrogen-bond donors (Lipinski definition) is 0. The van der Waals surface area contributed by atoms with Gasteiger partial charge in [0, 0.05) is 11.0 Å². The molecule has 1 saturated heterocycles. The smallest absolute Gasteiger partial charge is 0.224 e. The summed E-state index contributed by atoms with van der Waals surface area (Å²) in [5, 5.41) is 5.63. The summed E-state index contributed by atoms with van der Waals surface area (Å²) in [6, 6.07) is 0. The zero-order chi connectivity index (χ0) is 12.5. The number of ether oxygens (including phenoxy) is 1. The first-order chi connectivity index (χ1) is 8.79. The summed E-state index contributed by atoms with van der Waals surface area (Å²) >= 11 is 8.23. The van der Waals surface area contributed by atoms with Crippen molar-refractivity contribution in [3.63, 3.8) is 0 Å². The van der Waals surface area contributed by atoms with Crippen LogP contribution in [0.1, 0.15) is 31.2 Å². The van der Waals surface area contributed by atoms with Crippen LogP contribution < -0.4 is 0 Å². The highest BCUT2D eigenvalue weighted by atomic mass is 127. The molecule has 5 nitrogen and oxygen atoms in total. The van der Waals surface area contributed by atoms with Crippen molar-refractivity contribution >= 4 is 45.2 Å². The van der Waals surface area contributed by atoms with Crippen LogP contribution in [-0.4, -0.2) is 26.4 Å². The molecule has 18 heavy (non-hydrogen) atoms. The summed E-state index contributed by atoms with van der Waals surface area (Å²) in [5.74, 6) is 0. The Morgan fingerprint density at radius 1 is 1.44 bits per heavy atom. The van der Waals surface area contributed by atoms with Gasteiger partial charge in [0.25, 0.3) is 0 Å². The van der Waals surface area contributed by atoms with Gasteiger partial charge in [-0.25, -0.2) is 9.67 Å². The van der Waals surface area contributed by atoms with Crippen molar-refractivity contribution in [2.24, 2.45) is 0 Å². The predicted molar refractivity (Wildman–Crippen MR) is 76.9 cm³/mol. The largest absolute Gasteiger partial charge is 0.356 e. The molecule has 7 heteroatoms. The van der Waals surface area contributed by atoms with Crippen molar-refractivity contribution in [1.82, 2.24) is 19.7 Å². The Hall–Kier alpha value is -0.470. The van der Waals surface area contributed by atoms with Gasteiger partial charge in [-0.15, -0.1) is 0 Å². The standard InChI is InChI=1S/C11H12ClIN4O/c12-11-15-8(5-13)7-6-14-17(10(7)16-11)9-3-1-2-4-18-9/h6,9H,1-5H2. The van der Waals surface area contributed by atoms with Gasteiger partial charge in [-0.05, 0) is 30.9 Å². The molecule has 1 unspecified atom stereocenters. The highest BCUT2D eigenvalue weighted by molar-refractivity contribution is 14.1. The highest BCUT2D eigenvalue weighted by Gasteiger charge is 2.20. The van der Waals surface area contributed by atoms with Crippen LogP contribution in [0.25, 0.3) is 11.0 Å². The second-order valence-electron chi connectivity index (χ2n) is 4.22. The van der Waals surface area contributed by atoms with Crippen molar-refractivity contribution < 1.29 is 4.74 Å². The molecular weight excluding hydrogens is 367 g/mol. The minimum atomic E-state index is -0.0238. The molecular formula is C11H12ClIN4O. The minimum absolute atomic E-state index is 0.0238. The summed E-state index contributed by atoms with van der Waals surface area (Å²) in [5.41, 5.74) is 1.70. The predicted octanol–water partition coefficient (Wildman–Crippen LogP) is 3.11. The Morgan fingerprint density at radius 2 is 2.33 bits per heavy atom. The summed E-state index contributed by atoms with van der Waals surface area (Å²) in [6.45, 7) is 0.782. The van der Waals surface area contributed by atoms with Gasteiger partial charge in [-0.3, -0.25) is 0 Å². The second-order valence-corrected chi connectivity index (χ2v) is 5.32. The maximum atomic E-state index is 5.96. The Morgan fingerprint density at radius 3 is 3.06 bits per heavy atom. The van der Waals surface area contributed by atoms with Crippen LogP contribution in [-0.2, 0) is 9.16 Å². The third kappa shape index (κ3) is 2.21. The molecule has 2 aromatic rings. The minimum Gasteiger partial charge on any atom is -0.356 e. The van der Waals surface area contributed by atoms with Crippen LogP contribution >= 0.6 is 34.2 Å². The van der Waals surface area contributed by atoms with E-state index in [1.165, 1.54) is 0 Å². The number of hydrogen-bond acceptors (Lipinski definition) is 4. The maximum absolute atomic E-state index is 5.96. The van der Waals surface area contributed by atoms with Crippen molar-refractivity contribution in [2.45, 2.75) is 29.9 Å². The van der Waals surface area contributed by atoms with Gasteiger partial charge in [0.15, 0.2) is 11.9 Å². The van der Waals surface area contributed by atoms with Crippen molar-refractivity contribution in [3.8, 4) is 0 Å². The zero-order valence-electron chi connectivity index (χ0n) is 9.64. The molecule has 0 radical (unpaired) electrons. The Bertz CT molecular complexity index is 567. The number of rotatable bonds is 2. The molecule has 1 fully saturated rings. The van der Waals surface area contributed by atoms with Gasteiger partial charge in [0.2, 0.25) is 5.28 Å². The lowest BCUT2D eigenvalue weighted by Gasteiger charge is -2.23.